The van der Waals surface area contributed by atoms with Gasteiger partial charge in [0.05, 0.1) is 12.6 Å². The molecule has 172 valence electrons. The fraction of sp³-hybridized carbons (Fsp3) is 0.706. The van der Waals surface area contributed by atoms with Crippen molar-refractivity contribution in [1.29, 1.82) is 0 Å². The second-order valence-electron chi connectivity index (χ2n) is 7.06. The van der Waals surface area contributed by atoms with E-state index in [0.717, 1.165) is 0 Å². The molecule has 30 heavy (non-hydrogen) atoms. The van der Waals surface area contributed by atoms with Crippen molar-refractivity contribution in [2.24, 2.45) is 11.7 Å². The van der Waals surface area contributed by atoms with Gasteiger partial charge in [0.2, 0.25) is 17.7 Å². The first-order valence-electron chi connectivity index (χ1n) is 9.25. The molecule has 0 aliphatic rings. The van der Waals surface area contributed by atoms with Gasteiger partial charge in [-0.15, -0.1) is 0 Å². The minimum atomic E-state index is -1.56. The Morgan fingerprint density at radius 3 is 1.83 bits per heavy atom. The molecule has 0 bridgehead atoms. The molecule has 4 unspecified atom stereocenters. The molecule has 3 amide bonds. The van der Waals surface area contributed by atoms with Crippen LogP contribution in [0.2, 0.25) is 0 Å². The lowest BCUT2D eigenvalue weighted by Crippen LogP contribution is -2.57. The molecule has 0 aromatic rings. The second-order valence-corrected chi connectivity index (χ2v) is 7.42. The van der Waals surface area contributed by atoms with Gasteiger partial charge in [-0.2, -0.15) is 12.6 Å². The number of aliphatic carboxylic acids is 2. The number of rotatable bonds is 14. The predicted octanol–water partition coefficient (Wildman–Crippen LogP) is -2.31. The molecule has 0 rings (SSSR count). The highest BCUT2D eigenvalue weighted by molar-refractivity contribution is 7.80. The SMILES string of the molecule is CC(C)CC(NC(=O)C(CCC(=O)O)NC(=O)C(N)CS)C(=O)NC(CO)C(=O)O. The van der Waals surface area contributed by atoms with Gasteiger partial charge in [-0.1, -0.05) is 13.8 Å². The van der Waals surface area contributed by atoms with Gasteiger partial charge >= 0.3 is 11.9 Å². The topological polar surface area (TPSA) is 208 Å². The van der Waals surface area contributed by atoms with Crippen molar-refractivity contribution < 1.29 is 39.3 Å². The number of thiol groups is 1. The van der Waals surface area contributed by atoms with Crippen LogP contribution in [-0.2, 0) is 24.0 Å². The summed E-state index contributed by atoms with van der Waals surface area (Å²) in [6.07, 6.45) is -0.553. The first kappa shape index (κ1) is 27.6. The lowest BCUT2D eigenvalue weighted by molar-refractivity contribution is -0.143. The summed E-state index contributed by atoms with van der Waals surface area (Å²) in [5.74, 6) is -5.11. The first-order chi connectivity index (χ1) is 13.9. The molecule has 0 spiro atoms. The molecular weight excluding hydrogens is 420 g/mol. The summed E-state index contributed by atoms with van der Waals surface area (Å²) in [7, 11) is 0. The lowest BCUT2D eigenvalue weighted by Gasteiger charge is -2.25. The van der Waals surface area contributed by atoms with Crippen molar-refractivity contribution in [2.45, 2.75) is 57.3 Å². The van der Waals surface area contributed by atoms with Crippen LogP contribution in [0.1, 0.15) is 33.1 Å². The van der Waals surface area contributed by atoms with Crippen LogP contribution in [0.4, 0.5) is 0 Å². The predicted molar refractivity (Wildman–Crippen MR) is 109 cm³/mol. The maximum absolute atomic E-state index is 12.7. The number of nitrogens with two attached hydrogens (primary N) is 1. The largest absolute Gasteiger partial charge is 0.481 e. The number of hydrogen-bond acceptors (Lipinski definition) is 8. The summed E-state index contributed by atoms with van der Waals surface area (Å²) in [4.78, 5) is 59.0. The van der Waals surface area contributed by atoms with Crippen molar-refractivity contribution in [3.8, 4) is 0 Å². The van der Waals surface area contributed by atoms with Gasteiger partial charge in [-0.3, -0.25) is 19.2 Å². The lowest BCUT2D eigenvalue weighted by atomic mass is 10.0. The molecule has 13 heteroatoms. The first-order valence-corrected chi connectivity index (χ1v) is 9.89. The highest BCUT2D eigenvalue weighted by atomic mass is 32.1. The summed E-state index contributed by atoms with van der Waals surface area (Å²) >= 11 is 3.89. The van der Waals surface area contributed by atoms with Crippen LogP contribution < -0.4 is 21.7 Å². The highest BCUT2D eigenvalue weighted by Gasteiger charge is 2.30. The van der Waals surface area contributed by atoms with Gasteiger partial charge in [0.25, 0.3) is 0 Å². The van der Waals surface area contributed by atoms with E-state index < -0.39 is 66.9 Å². The number of carboxylic acids is 2. The summed E-state index contributed by atoms with van der Waals surface area (Å²) in [5, 5.41) is 33.8. The number of nitrogens with one attached hydrogen (secondary N) is 3. The number of carboxylic acid groups (broad SMARTS) is 2. The van der Waals surface area contributed by atoms with Crippen molar-refractivity contribution in [2.75, 3.05) is 12.4 Å². The van der Waals surface area contributed by atoms with Gasteiger partial charge in [-0.25, -0.2) is 4.79 Å². The molecule has 0 aliphatic carbocycles. The summed E-state index contributed by atoms with van der Waals surface area (Å²) in [5.41, 5.74) is 5.55. The number of carbonyl (C=O) groups excluding carboxylic acids is 3. The fourth-order valence-electron chi connectivity index (χ4n) is 2.33. The van der Waals surface area contributed by atoms with E-state index in [2.05, 4.69) is 28.6 Å². The van der Waals surface area contributed by atoms with E-state index in [1.54, 1.807) is 13.8 Å². The number of aliphatic hydroxyl groups is 1. The molecule has 0 saturated heterocycles. The molecule has 12 nitrogen and oxygen atoms in total. The van der Waals surface area contributed by atoms with Crippen molar-refractivity contribution in [3.63, 3.8) is 0 Å². The molecule has 8 N–H and O–H groups in total. The monoisotopic (exact) mass is 450 g/mol. The van der Waals surface area contributed by atoms with Gasteiger partial charge in [0.15, 0.2) is 0 Å². The van der Waals surface area contributed by atoms with Gasteiger partial charge in [0, 0.05) is 12.2 Å². The summed E-state index contributed by atoms with van der Waals surface area (Å²) < 4.78 is 0. The number of carbonyl (C=O) groups is 5. The molecule has 0 radical (unpaired) electrons. The molecule has 0 fully saturated rings. The van der Waals surface area contributed by atoms with Crippen LogP contribution in [0, 0.1) is 5.92 Å². The Bertz CT molecular complexity index is 631. The number of aliphatic hydroxyl groups excluding tert-OH is 1. The van der Waals surface area contributed by atoms with Crippen molar-refractivity contribution >= 4 is 42.3 Å². The van der Waals surface area contributed by atoms with E-state index in [1.165, 1.54) is 0 Å². The van der Waals surface area contributed by atoms with Crippen LogP contribution in [0.25, 0.3) is 0 Å². The van der Waals surface area contributed by atoms with E-state index in [4.69, 9.17) is 21.1 Å². The third kappa shape index (κ3) is 10.4. The molecular formula is C17H30N4O8S. The van der Waals surface area contributed by atoms with Crippen LogP contribution in [-0.4, -0.2) is 81.5 Å². The van der Waals surface area contributed by atoms with E-state index in [-0.39, 0.29) is 24.5 Å². The van der Waals surface area contributed by atoms with E-state index in [9.17, 15) is 24.0 Å². The second kappa shape index (κ2) is 13.8. The molecule has 0 heterocycles. The van der Waals surface area contributed by atoms with Crippen LogP contribution >= 0.6 is 12.6 Å². The highest BCUT2D eigenvalue weighted by Crippen LogP contribution is 2.08. The number of amides is 3. The third-order valence-electron chi connectivity index (χ3n) is 3.95. The average molecular weight is 451 g/mol. The average Bonchev–Trinajstić information content (AvgIpc) is 2.66. The van der Waals surface area contributed by atoms with Crippen molar-refractivity contribution in [3.05, 3.63) is 0 Å². The van der Waals surface area contributed by atoms with Crippen LogP contribution in [0.5, 0.6) is 0 Å². The molecule has 4 atom stereocenters. The Kier molecular flexibility index (Phi) is 12.7. The van der Waals surface area contributed by atoms with E-state index in [1.807, 2.05) is 0 Å². The third-order valence-corrected chi connectivity index (χ3v) is 4.34. The fourth-order valence-corrected chi connectivity index (χ4v) is 2.50. The van der Waals surface area contributed by atoms with E-state index >= 15 is 0 Å². The quantitative estimate of drug-likeness (QED) is 0.133. The Balaban J connectivity index is 5.42. The standard InChI is InChI=1S/C17H30N4O8S/c1-8(2)5-11(16(27)21-12(6-22)17(28)29)20-15(26)10(3-4-13(23)24)19-14(25)9(18)7-30/h8-12,22,30H,3-7,18H2,1-2H3,(H,19,25)(H,20,26)(H,21,27)(H,23,24)(H,28,29). The zero-order valence-electron chi connectivity index (χ0n) is 16.8. The molecule has 0 aromatic heterocycles. The molecule has 0 aromatic carbocycles. The van der Waals surface area contributed by atoms with Crippen LogP contribution in [0.15, 0.2) is 0 Å². The Morgan fingerprint density at radius 1 is 0.900 bits per heavy atom. The Hall–Kier alpha value is -2.38. The van der Waals surface area contributed by atoms with Gasteiger partial charge in [0.1, 0.15) is 18.1 Å². The minimum absolute atomic E-state index is 0.00474. The van der Waals surface area contributed by atoms with Crippen molar-refractivity contribution in [1.82, 2.24) is 16.0 Å². The Morgan fingerprint density at radius 2 is 1.40 bits per heavy atom. The Labute approximate surface area is 179 Å². The van der Waals surface area contributed by atoms with Gasteiger partial charge in [-0.05, 0) is 18.8 Å². The van der Waals surface area contributed by atoms with E-state index in [0.29, 0.717) is 0 Å². The molecule has 0 saturated carbocycles. The maximum atomic E-state index is 12.7. The minimum Gasteiger partial charge on any atom is -0.481 e. The summed E-state index contributed by atoms with van der Waals surface area (Å²) in [6, 6.07) is -5.03. The normalized spacial score (nSPS) is 14.9. The zero-order chi connectivity index (χ0) is 23.4. The molecule has 0 aliphatic heterocycles. The van der Waals surface area contributed by atoms with Crippen LogP contribution in [0.3, 0.4) is 0 Å². The summed E-state index contributed by atoms with van der Waals surface area (Å²) in [6.45, 7) is 2.69. The maximum Gasteiger partial charge on any atom is 0.328 e. The number of hydrogen-bond donors (Lipinski definition) is 8. The smallest absolute Gasteiger partial charge is 0.328 e. The zero-order valence-corrected chi connectivity index (χ0v) is 17.7. The van der Waals surface area contributed by atoms with Gasteiger partial charge < -0.3 is 37.0 Å².